The number of amides is 1. The molecule has 0 aromatic carbocycles. The van der Waals surface area contributed by atoms with Crippen molar-refractivity contribution in [3.63, 3.8) is 0 Å². The summed E-state index contributed by atoms with van der Waals surface area (Å²) in [7, 11) is 1.95. The van der Waals surface area contributed by atoms with Gasteiger partial charge in [0.15, 0.2) is 5.69 Å². The molecule has 1 atom stereocenters. The molecule has 2 aliphatic rings. The fraction of sp³-hybridized carbons (Fsp3) is 0.750. The molecule has 1 amide bonds. The Labute approximate surface area is 139 Å². The summed E-state index contributed by atoms with van der Waals surface area (Å²) < 4.78 is 41.9. The van der Waals surface area contributed by atoms with Crippen LogP contribution >= 0.6 is 0 Å². The van der Waals surface area contributed by atoms with Crippen molar-refractivity contribution >= 4 is 5.91 Å². The molecule has 0 radical (unpaired) electrons. The molecule has 2 fully saturated rings. The summed E-state index contributed by atoms with van der Waals surface area (Å²) in [5.74, 6) is -0.535. The molecule has 24 heavy (non-hydrogen) atoms. The molecule has 1 aromatic rings. The zero-order valence-corrected chi connectivity index (χ0v) is 14.1. The second kappa shape index (κ2) is 6.38. The molecule has 0 bridgehead atoms. The second-order valence-corrected chi connectivity index (χ2v) is 6.81. The van der Waals surface area contributed by atoms with Crippen LogP contribution in [-0.2, 0) is 6.18 Å². The molecular formula is C16H23F3N4O. The number of aromatic nitrogens is 2. The summed E-state index contributed by atoms with van der Waals surface area (Å²) in [6.07, 6.45) is -1.25. The van der Waals surface area contributed by atoms with Gasteiger partial charge in [0, 0.05) is 25.3 Å². The first-order chi connectivity index (χ1) is 11.3. The third-order valence-corrected chi connectivity index (χ3v) is 4.97. The van der Waals surface area contributed by atoms with Crippen LogP contribution in [0.1, 0.15) is 53.5 Å². The molecule has 134 valence electrons. The number of hydrogen-bond acceptors (Lipinski definition) is 3. The van der Waals surface area contributed by atoms with Crippen LogP contribution in [0.5, 0.6) is 0 Å². The van der Waals surface area contributed by atoms with E-state index in [2.05, 4.69) is 10.00 Å². The summed E-state index contributed by atoms with van der Waals surface area (Å²) in [4.78, 5) is 16.3. The molecule has 2 saturated heterocycles. The van der Waals surface area contributed by atoms with Gasteiger partial charge >= 0.3 is 6.18 Å². The molecule has 1 aromatic heterocycles. The minimum Gasteiger partial charge on any atom is -0.339 e. The van der Waals surface area contributed by atoms with Gasteiger partial charge in [0.05, 0.1) is 11.6 Å². The monoisotopic (exact) mass is 344 g/mol. The van der Waals surface area contributed by atoms with Crippen LogP contribution in [0.4, 0.5) is 13.2 Å². The first kappa shape index (κ1) is 17.3. The van der Waals surface area contributed by atoms with Crippen molar-refractivity contribution in [2.75, 3.05) is 33.2 Å². The van der Waals surface area contributed by atoms with Crippen molar-refractivity contribution < 1.29 is 18.0 Å². The lowest BCUT2D eigenvalue weighted by Gasteiger charge is -2.30. The number of piperidine rings is 1. The Morgan fingerprint density at radius 1 is 1.17 bits per heavy atom. The van der Waals surface area contributed by atoms with Crippen LogP contribution < -0.4 is 0 Å². The van der Waals surface area contributed by atoms with Gasteiger partial charge in [-0.3, -0.25) is 9.48 Å². The van der Waals surface area contributed by atoms with Crippen molar-refractivity contribution in [1.82, 2.24) is 19.6 Å². The third-order valence-electron chi connectivity index (χ3n) is 4.97. The number of halogens is 3. The number of carbonyl (C=O) groups excluding carboxylic acids is 1. The highest BCUT2D eigenvalue weighted by atomic mass is 19.4. The summed E-state index contributed by atoms with van der Waals surface area (Å²) in [5.41, 5.74) is -0.970. The maximum absolute atomic E-state index is 13.5. The number of likely N-dealkylation sites (tertiary alicyclic amines) is 2. The van der Waals surface area contributed by atoms with E-state index >= 15 is 0 Å². The van der Waals surface area contributed by atoms with Gasteiger partial charge in [0.2, 0.25) is 0 Å². The van der Waals surface area contributed by atoms with Gasteiger partial charge in [0.1, 0.15) is 0 Å². The fourth-order valence-corrected chi connectivity index (χ4v) is 3.75. The van der Waals surface area contributed by atoms with Gasteiger partial charge in [-0.05, 0) is 46.2 Å². The Hall–Kier alpha value is -1.57. The van der Waals surface area contributed by atoms with Crippen LogP contribution in [0.2, 0.25) is 0 Å². The molecule has 3 heterocycles. The van der Waals surface area contributed by atoms with Gasteiger partial charge in [-0.2, -0.15) is 18.3 Å². The molecule has 8 heteroatoms. The van der Waals surface area contributed by atoms with E-state index in [4.69, 9.17) is 0 Å². The standard InChI is InChI=1S/C16H23F3N4O/c1-11-13(15(24)22-8-3-4-9-22)14(16(17,18)19)20-23(11)12-6-5-7-21(2)10-12/h12H,3-10H2,1-2H3. The van der Waals surface area contributed by atoms with Gasteiger partial charge in [0.25, 0.3) is 5.91 Å². The smallest absolute Gasteiger partial charge is 0.339 e. The normalized spacial score (nSPS) is 23.0. The lowest BCUT2D eigenvalue weighted by molar-refractivity contribution is -0.142. The molecule has 2 aliphatic heterocycles. The number of carbonyl (C=O) groups is 1. The minimum atomic E-state index is -4.62. The topological polar surface area (TPSA) is 41.4 Å². The minimum absolute atomic E-state index is 0.120. The lowest BCUT2D eigenvalue weighted by atomic mass is 10.1. The maximum Gasteiger partial charge on any atom is 0.435 e. The average molecular weight is 344 g/mol. The van der Waals surface area contributed by atoms with Crippen molar-refractivity contribution in [3.05, 3.63) is 17.0 Å². The number of likely N-dealkylation sites (N-methyl/N-ethyl adjacent to an activating group) is 1. The van der Waals surface area contributed by atoms with Crippen LogP contribution in [-0.4, -0.2) is 58.7 Å². The molecule has 1 unspecified atom stereocenters. The second-order valence-electron chi connectivity index (χ2n) is 6.81. The predicted octanol–water partition coefficient (Wildman–Crippen LogP) is 2.71. The predicted molar refractivity (Wildman–Crippen MR) is 82.9 cm³/mol. The van der Waals surface area contributed by atoms with E-state index in [-0.39, 0.29) is 11.6 Å². The molecule has 5 nitrogen and oxygen atoms in total. The zero-order chi connectivity index (χ0) is 17.5. The first-order valence-corrected chi connectivity index (χ1v) is 8.43. The van der Waals surface area contributed by atoms with Gasteiger partial charge in [-0.15, -0.1) is 0 Å². The highest BCUT2D eigenvalue weighted by molar-refractivity contribution is 5.96. The highest BCUT2D eigenvalue weighted by Crippen LogP contribution is 2.35. The van der Waals surface area contributed by atoms with Crippen molar-refractivity contribution in [3.8, 4) is 0 Å². The Morgan fingerprint density at radius 2 is 1.83 bits per heavy atom. The Morgan fingerprint density at radius 3 is 2.42 bits per heavy atom. The van der Waals surface area contributed by atoms with E-state index in [1.165, 1.54) is 9.58 Å². The molecule has 3 rings (SSSR count). The Bertz CT molecular complexity index is 620. The number of alkyl halides is 3. The third kappa shape index (κ3) is 3.16. The van der Waals surface area contributed by atoms with Crippen molar-refractivity contribution in [2.24, 2.45) is 0 Å². The fourth-order valence-electron chi connectivity index (χ4n) is 3.75. The summed E-state index contributed by atoms with van der Waals surface area (Å²) in [6, 6.07) is -0.120. The SMILES string of the molecule is Cc1c(C(=O)N2CCCC2)c(C(F)(F)F)nn1C1CCCN(C)C1. The van der Waals surface area contributed by atoms with Crippen LogP contribution in [0.25, 0.3) is 0 Å². The zero-order valence-electron chi connectivity index (χ0n) is 14.1. The number of nitrogens with zero attached hydrogens (tertiary/aromatic N) is 4. The maximum atomic E-state index is 13.5. The lowest BCUT2D eigenvalue weighted by Crippen LogP contribution is -2.34. The quantitative estimate of drug-likeness (QED) is 0.828. The van der Waals surface area contributed by atoms with E-state index in [0.29, 0.717) is 25.3 Å². The Balaban J connectivity index is 2.01. The largest absolute Gasteiger partial charge is 0.435 e. The summed E-state index contributed by atoms with van der Waals surface area (Å²) in [5, 5.41) is 3.85. The van der Waals surface area contributed by atoms with Crippen LogP contribution in [0.15, 0.2) is 0 Å². The van der Waals surface area contributed by atoms with Gasteiger partial charge in [-0.1, -0.05) is 0 Å². The van der Waals surface area contributed by atoms with E-state index in [9.17, 15) is 18.0 Å². The van der Waals surface area contributed by atoms with E-state index in [1.807, 2.05) is 7.05 Å². The van der Waals surface area contributed by atoms with Crippen LogP contribution in [0, 0.1) is 6.92 Å². The molecule has 0 N–H and O–H groups in total. The van der Waals surface area contributed by atoms with Crippen molar-refractivity contribution in [2.45, 2.75) is 44.8 Å². The molecule has 0 spiro atoms. The van der Waals surface area contributed by atoms with E-state index in [0.717, 1.165) is 32.2 Å². The first-order valence-electron chi connectivity index (χ1n) is 8.43. The van der Waals surface area contributed by atoms with E-state index in [1.54, 1.807) is 6.92 Å². The van der Waals surface area contributed by atoms with Gasteiger partial charge in [-0.25, -0.2) is 0 Å². The molecule has 0 saturated carbocycles. The molecular weight excluding hydrogens is 321 g/mol. The van der Waals surface area contributed by atoms with Gasteiger partial charge < -0.3 is 9.80 Å². The highest BCUT2D eigenvalue weighted by Gasteiger charge is 2.42. The average Bonchev–Trinajstić information content (AvgIpc) is 3.13. The van der Waals surface area contributed by atoms with Crippen molar-refractivity contribution in [1.29, 1.82) is 0 Å². The summed E-state index contributed by atoms with van der Waals surface area (Å²) in [6.45, 7) is 4.21. The van der Waals surface area contributed by atoms with E-state index < -0.39 is 17.8 Å². The summed E-state index contributed by atoms with van der Waals surface area (Å²) >= 11 is 0. The number of rotatable bonds is 2. The Kier molecular flexibility index (Phi) is 4.59. The number of hydrogen-bond donors (Lipinski definition) is 0. The van der Waals surface area contributed by atoms with Crippen LogP contribution in [0.3, 0.4) is 0 Å². The molecule has 0 aliphatic carbocycles.